The summed E-state index contributed by atoms with van der Waals surface area (Å²) in [6, 6.07) is 12.2. The first-order valence-electron chi connectivity index (χ1n) is 6.33. The highest BCUT2D eigenvalue weighted by Gasteiger charge is 2.16. The van der Waals surface area contributed by atoms with Gasteiger partial charge >= 0.3 is 0 Å². The molecule has 0 radical (unpaired) electrons. The molecule has 0 bridgehead atoms. The van der Waals surface area contributed by atoms with Crippen molar-refractivity contribution in [1.29, 1.82) is 0 Å². The summed E-state index contributed by atoms with van der Waals surface area (Å²) in [4.78, 5) is 13.7. The summed E-state index contributed by atoms with van der Waals surface area (Å²) in [5, 5.41) is 0. The van der Waals surface area contributed by atoms with Crippen LogP contribution in [0, 0.1) is 6.92 Å². The third kappa shape index (κ3) is 3.19. The molecule has 0 aliphatic rings. The molecule has 2 rings (SSSR count). The Morgan fingerprint density at radius 3 is 2.47 bits per heavy atom. The van der Waals surface area contributed by atoms with Crippen molar-refractivity contribution in [2.75, 3.05) is 14.1 Å². The largest absolute Gasteiger partial charge is 0.345 e. The molecule has 0 aliphatic heterocycles. The Balaban J connectivity index is 2.29. The maximum atomic E-state index is 12.1. The number of pyridine rings is 1. The molecular formula is C16H19N2O+. The summed E-state index contributed by atoms with van der Waals surface area (Å²) in [7, 11) is 3.55. The third-order valence-electron chi connectivity index (χ3n) is 3.08. The standard InChI is InChI=1S/C16H19N2O/c1-13-9-10-18(11-14-7-5-4-6-8-14)12-15(13)16(19)17(2)3/h4-10,12H,11H2,1-3H3/q+1. The monoisotopic (exact) mass is 255 g/mol. The lowest BCUT2D eigenvalue weighted by atomic mass is 10.1. The molecule has 3 nitrogen and oxygen atoms in total. The van der Waals surface area contributed by atoms with E-state index in [1.54, 1.807) is 19.0 Å². The van der Waals surface area contributed by atoms with Crippen molar-refractivity contribution in [2.45, 2.75) is 13.5 Å². The number of hydrogen-bond acceptors (Lipinski definition) is 1. The molecule has 1 aromatic carbocycles. The number of nitrogens with zero attached hydrogens (tertiary/aromatic N) is 2. The van der Waals surface area contributed by atoms with E-state index >= 15 is 0 Å². The van der Waals surface area contributed by atoms with Crippen molar-refractivity contribution in [3.63, 3.8) is 0 Å². The van der Waals surface area contributed by atoms with E-state index in [0.717, 1.165) is 17.7 Å². The van der Waals surface area contributed by atoms with Crippen LogP contribution in [0.4, 0.5) is 0 Å². The van der Waals surface area contributed by atoms with Crippen molar-refractivity contribution < 1.29 is 9.36 Å². The van der Waals surface area contributed by atoms with Gasteiger partial charge in [-0.2, -0.15) is 4.57 Å². The fraction of sp³-hybridized carbons (Fsp3) is 0.250. The lowest BCUT2D eigenvalue weighted by Gasteiger charge is -2.11. The first kappa shape index (κ1) is 13.3. The highest BCUT2D eigenvalue weighted by atomic mass is 16.2. The van der Waals surface area contributed by atoms with Gasteiger partial charge in [0, 0.05) is 25.7 Å². The van der Waals surface area contributed by atoms with Crippen LogP contribution in [0.15, 0.2) is 48.8 Å². The molecule has 3 heteroatoms. The second kappa shape index (κ2) is 5.65. The number of carbonyl (C=O) groups excluding carboxylic acids is 1. The van der Waals surface area contributed by atoms with Crippen molar-refractivity contribution in [3.05, 3.63) is 65.5 Å². The Morgan fingerprint density at radius 1 is 1.16 bits per heavy atom. The topological polar surface area (TPSA) is 24.2 Å². The lowest BCUT2D eigenvalue weighted by Crippen LogP contribution is -2.36. The van der Waals surface area contributed by atoms with Crippen molar-refractivity contribution >= 4 is 5.91 Å². The minimum Gasteiger partial charge on any atom is -0.345 e. The number of hydrogen-bond donors (Lipinski definition) is 0. The van der Waals surface area contributed by atoms with Crippen molar-refractivity contribution in [3.8, 4) is 0 Å². The molecule has 1 amide bonds. The Kier molecular flexibility index (Phi) is 3.95. The van der Waals surface area contributed by atoms with E-state index in [2.05, 4.69) is 12.1 Å². The Morgan fingerprint density at radius 2 is 1.84 bits per heavy atom. The lowest BCUT2D eigenvalue weighted by molar-refractivity contribution is -0.688. The van der Waals surface area contributed by atoms with Gasteiger partial charge in [-0.05, 0) is 12.5 Å². The highest BCUT2D eigenvalue weighted by molar-refractivity contribution is 5.94. The molecule has 0 fully saturated rings. The molecule has 0 atom stereocenters. The third-order valence-corrected chi connectivity index (χ3v) is 3.08. The average Bonchev–Trinajstić information content (AvgIpc) is 2.41. The number of benzene rings is 1. The Labute approximate surface area is 114 Å². The number of carbonyl (C=O) groups is 1. The van der Waals surface area contributed by atoms with Crippen molar-refractivity contribution in [1.82, 2.24) is 4.90 Å². The summed E-state index contributed by atoms with van der Waals surface area (Å²) >= 11 is 0. The number of rotatable bonds is 3. The highest BCUT2D eigenvalue weighted by Crippen LogP contribution is 2.07. The van der Waals surface area contributed by atoms with Crippen LogP contribution in [-0.2, 0) is 6.54 Å². The van der Waals surface area contributed by atoms with E-state index in [-0.39, 0.29) is 5.91 Å². The Hall–Kier alpha value is -2.16. The van der Waals surface area contributed by atoms with Crippen LogP contribution >= 0.6 is 0 Å². The van der Waals surface area contributed by atoms with Gasteiger partial charge in [0.25, 0.3) is 5.91 Å². The molecule has 0 aliphatic carbocycles. The summed E-state index contributed by atoms with van der Waals surface area (Å²) in [6.45, 7) is 2.73. The van der Waals surface area contributed by atoms with Crippen LogP contribution in [0.25, 0.3) is 0 Å². The molecule has 1 heterocycles. The van der Waals surface area contributed by atoms with E-state index < -0.39 is 0 Å². The van der Waals surface area contributed by atoms with E-state index in [4.69, 9.17) is 0 Å². The number of amides is 1. The molecule has 0 unspecified atom stereocenters. The SMILES string of the molecule is Cc1cc[n+](Cc2ccccc2)cc1C(=O)N(C)C. The van der Waals surface area contributed by atoms with Crippen LogP contribution in [0.3, 0.4) is 0 Å². The zero-order chi connectivity index (χ0) is 13.8. The molecule has 1 aromatic heterocycles. The second-order valence-electron chi connectivity index (χ2n) is 4.90. The predicted octanol–water partition coefficient (Wildman–Crippen LogP) is 2.03. The fourth-order valence-electron chi connectivity index (χ4n) is 1.97. The molecule has 2 aromatic rings. The van der Waals surface area contributed by atoms with Crippen LogP contribution in [0.1, 0.15) is 21.5 Å². The van der Waals surface area contributed by atoms with Crippen LogP contribution in [-0.4, -0.2) is 24.9 Å². The zero-order valence-corrected chi connectivity index (χ0v) is 11.6. The number of aryl methyl sites for hydroxylation is 1. The summed E-state index contributed by atoms with van der Waals surface area (Å²) in [5.74, 6) is 0.0416. The smallest absolute Gasteiger partial charge is 0.259 e. The fourth-order valence-corrected chi connectivity index (χ4v) is 1.97. The molecule has 0 N–H and O–H groups in total. The summed E-state index contributed by atoms with van der Waals surface area (Å²) < 4.78 is 2.04. The van der Waals surface area contributed by atoms with Gasteiger partial charge in [0.05, 0.1) is 0 Å². The van der Waals surface area contributed by atoms with E-state index in [0.29, 0.717) is 0 Å². The van der Waals surface area contributed by atoms with Crippen LogP contribution in [0.5, 0.6) is 0 Å². The minimum absolute atomic E-state index is 0.0416. The van der Waals surface area contributed by atoms with Crippen LogP contribution < -0.4 is 4.57 Å². The van der Waals surface area contributed by atoms with Crippen LogP contribution in [0.2, 0.25) is 0 Å². The molecule has 0 saturated heterocycles. The van der Waals surface area contributed by atoms with Gasteiger partial charge in [-0.1, -0.05) is 30.3 Å². The molecule has 98 valence electrons. The quantitative estimate of drug-likeness (QED) is 0.770. The molecule has 19 heavy (non-hydrogen) atoms. The van der Waals surface area contributed by atoms with Gasteiger partial charge in [-0.3, -0.25) is 4.79 Å². The first-order chi connectivity index (χ1) is 9.08. The van der Waals surface area contributed by atoms with Gasteiger partial charge in [-0.15, -0.1) is 0 Å². The maximum absolute atomic E-state index is 12.1. The van der Waals surface area contributed by atoms with Gasteiger partial charge in [-0.25, -0.2) is 0 Å². The van der Waals surface area contributed by atoms with Crippen molar-refractivity contribution in [2.24, 2.45) is 0 Å². The maximum Gasteiger partial charge on any atom is 0.259 e. The predicted molar refractivity (Wildman–Crippen MR) is 74.9 cm³/mol. The van der Waals surface area contributed by atoms with E-state index in [9.17, 15) is 4.79 Å². The zero-order valence-electron chi connectivity index (χ0n) is 11.6. The van der Waals surface area contributed by atoms with E-state index in [1.165, 1.54) is 5.56 Å². The number of aromatic nitrogens is 1. The average molecular weight is 255 g/mol. The molecule has 0 saturated carbocycles. The Bertz CT molecular complexity index is 577. The first-order valence-corrected chi connectivity index (χ1v) is 6.33. The normalized spacial score (nSPS) is 10.3. The summed E-state index contributed by atoms with van der Waals surface area (Å²) in [6.07, 6.45) is 3.93. The second-order valence-corrected chi connectivity index (χ2v) is 4.90. The molecule has 0 spiro atoms. The minimum atomic E-state index is 0.0416. The summed E-state index contributed by atoms with van der Waals surface area (Å²) in [5.41, 5.74) is 2.98. The van der Waals surface area contributed by atoms with Gasteiger partial charge in [0.1, 0.15) is 5.56 Å². The van der Waals surface area contributed by atoms with Gasteiger partial charge in [0.2, 0.25) is 0 Å². The van der Waals surface area contributed by atoms with Gasteiger partial charge < -0.3 is 4.90 Å². The molecular weight excluding hydrogens is 236 g/mol. The van der Waals surface area contributed by atoms with E-state index in [1.807, 2.05) is 48.1 Å². The van der Waals surface area contributed by atoms with Gasteiger partial charge in [0.15, 0.2) is 18.9 Å².